The van der Waals surface area contributed by atoms with Crippen molar-refractivity contribution in [3.8, 4) is 0 Å². The Morgan fingerprint density at radius 3 is 2.40 bits per heavy atom. The topological polar surface area (TPSA) is 30.7 Å². The van der Waals surface area contributed by atoms with Gasteiger partial charge in [-0.05, 0) is 33.1 Å². The molecule has 0 amide bonds. The third-order valence-corrected chi connectivity index (χ3v) is 2.61. The minimum absolute atomic E-state index is 0.425. The second kappa shape index (κ2) is 5.89. The Bertz CT molecular complexity index is 289. The highest BCUT2D eigenvalue weighted by atomic mass is 15.4. The molecule has 0 spiro atoms. The summed E-state index contributed by atoms with van der Waals surface area (Å²) in [5.41, 5.74) is 2.56. The van der Waals surface area contributed by atoms with Crippen molar-refractivity contribution in [1.82, 2.24) is 15.0 Å². The first kappa shape index (κ1) is 12.2. The van der Waals surface area contributed by atoms with Crippen LogP contribution in [0.2, 0.25) is 0 Å². The van der Waals surface area contributed by atoms with Crippen molar-refractivity contribution >= 4 is 0 Å². The fourth-order valence-electron chi connectivity index (χ4n) is 1.80. The van der Waals surface area contributed by atoms with E-state index in [-0.39, 0.29) is 0 Å². The molecule has 0 bridgehead atoms. The highest BCUT2D eigenvalue weighted by Gasteiger charge is 2.13. The highest BCUT2D eigenvalue weighted by molar-refractivity contribution is 5.11. The van der Waals surface area contributed by atoms with Crippen molar-refractivity contribution in [2.75, 3.05) is 0 Å². The number of aromatic nitrogens is 3. The third kappa shape index (κ3) is 3.05. The molecule has 0 aliphatic heterocycles. The monoisotopic (exact) mass is 209 g/mol. The zero-order valence-corrected chi connectivity index (χ0v) is 10.5. The van der Waals surface area contributed by atoms with Gasteiger partial charge in [0, 0.05) is 6.04 Å². The van der Waals surface area contributed by atoms with Crippen LogP contribution in [0.25, 0.3) is 0 Å². The molecule has 3 heteroatoms. The molecule has 0 saturated carbocycles. The summed E-state index contributed by atoms with van der Waals surface area (Å²) in [6.07, 6.45) is 5.79. The summed E-state index contributed by atoms with van der Waals surface area (Å²) < 4.78 is 2.08. The van der Waals surface area contributed by atoms with Crippen molar-refractivity contribution < 1.29 is 0 Å². The van der Waals surface area contributed by atoms with Gasteiger partial charge < -0.3 is 0 Å². The summed E-state index contributed by atoms with van der Waals surface area (Å²) in [5.74, 6) is 0. The van der Waals surface area contributed by atoms with Crippen LogP contribution in [-0.4, -0.2) is 15.0 Å². The zero-order valence-electron chi connectivity index (χ0n) is 10.5. The number of nitrogens with zero attached hydrogens (tertiary/aromatic N) is 3. The van der Waals surface area contributed by atoms with E-state index in [1.807, 2.05) is 0 Å². The Balaban J connectivity index is 2.85. The van der Waals surface area contributed by atoms with E-state index < -0.39 is 0 Å². The third-order valence-electron chi connectivity index (χ3n) is 2.61. The van der Waals surface area contributed by atoms with Gasteiger partial charge in [0.25, 0.3) is 0 Å². The molecule has 0 N–H and O–H groups in total. The number of hydrogen-bond acceptors (Lipinski definition) is 2. The molecule has 0 saturated heterocycles. The van der Waals surface area contributed by atoms with Crippen molar-refractivity contribution in [2.24, 2.45) is 0 Å². The molecule has 0 aliphatic rings. The van der Waals surface area contributed by atoms with Gasteiger partial charge in [0.1, 0.15) is 0 Å². The van der Waals surface area contributed by atoms with Gasteiger partial charge in [-0.1, -0.05) is 31.9 Å². The summed E-state index contributed by atoms with van der Waals surface area (Å²) in [4.78, 5) is 0. The Morgan fingerprint density at radius 2 is 1.87 bits per heavy atom. The average Bonchev–Trinajstić information content (AvgIpc) is 2.59. The number of hydrogen-bond donors (Lipinski definition) is 0. The van der Waals surface area contributed by atoms with Gasteiger partial charge in [0.2, 0.25) is 0 Å². The summed E-state index contributed by atoms with van der Waals surface area (Å²) in [6, 6.07) is 0.425. The van der Waals surface area contributed by atoms with E-state index in [9.17, 15) is 0 Å². The first-order valence-electron chi connectivity index (χ1n) is 6.13. The van der Waals surface area contributed by atoms with E-state index >= 15 is 0 Å². The summed E-state index contributed by atoms with van der Waals surface area (Å²) in [7, 11) is 0. The Hall–Kier alpha value is -0.860. The van der Waals surface area contributed by atoms with E-state index in [1.54, 1.807) is 0 Å². The summed E-state index contributed by atoms with van der Waals surface area (Å²) in [6.45, 7) is 8.75. The highest BCUT2D eigenvalue weighted by Crippen LogP contribution is 2.15. The van der Waals surface area contributed by atoms with Gasteiger partial charge in [0.15, 0.2) is 0 Å². The molecule has 0 aliphatic carbocycles. The maximum atomic E-state index is 4.31. The van der Waals surface area contributed by atoms with Gasteiger partial charge >= 0.3 is 0 Å². The second-order valence-electron chi connectivity index (χ2n) is 4.37. The minimum atomic E-state index is 0.425. The van der Waals surface area contributed by atoms with Crippen LogP contribution < -0.4 is 0 Å². The normalized spacial score (nSPS) is 11.3. The lowest BCUT2D eigenvalue weighted by molar-refractivity contribution is 0.492. The molecule has 0 atom stereocenters. The van der Waals surface area contributed by atoms with Gasteiger partial charge in [0.05, 0.1) is 11.4 Å². The molecule has 1 aromatic heterocycles. The smallest absolute Gasteiger partial charge is 0.0859 e. The fraction of sp³-hybridized carbons (Fsp3) is 0.833. The first-order valence-corrected chi connectivity index (χ1v) is 6.13. The standard InChI is InChI=1S/C12H23N3/c1-5-7-9-11-12(8-6-2)15(10(3)4)14-13-11/h10H,5-9H2,1-4H3. The number of aryl methyl sites for hydroxylation is 1. The van der Waals surface area contributed by atoms with E-state index in [2.05, 4.69) is 42.7 Å². The number of rotatable bonds is 6. The van der Waals surface area contributed by atoms with Gasteiger partial charge in [-0.25, -0.2) is 4.68 Å². The van der Waals surface area contributed by atoms with Crippen LogP contribution in [0.3, 0.4) is 0 Å². The SMILES string of the molecule is CCCCc1nnn(C(C)C)c1CCC. The molecule has 0 unspecified atom stereocenters. The Kier molecular flexibility index (Phi) is 4.79. The maximum Gasteiger partial charge on any atom is 0.0859 e. The van der Waals surface area contributed by atoms with Crippen molar-refractivity contribution in [1.29, 1.82) is 0 Å². The lowest BCUT2D eigenvalue weighted by Crippen LogP contribution is -2.08. The summed E-state index contributed by atoms with van der Waals surface area (Å²) >= 11 is 0. The molecule has 1 heterocycles. The quantitative estimate of drug-likeness (QED) is 0.720. The van der Waals surface area contributed by atoms with E-state index in [0.29, 0.717) is 6.04 Å². The lowest BCUT2D eigenvalue weighted by Gasteiger charge is -2.09. The van der Waals surface area contributed by atoms with Crippen molar-refractivity contribution in [3.63, 3.8) is 0 Å². The molecule has 0 radical (unpaired) electrons. The largest absolute Gasteiger partial charge is 0.247 e. The molecule has 86 valence electrons. The van der Waals surface area contributed by atoms with E-state index in [0.717, 1.165) is 12.8 Å². The molecule has 15 heavy (non-hydrogen) atoms. The summed E-state index contributed by atoms with van der Waals surface area (Å²) in [5, 5.41) is 8.56. The van der Waals surface area contributed by atoms with Crippen LogP contribution in [0.15, 0.2) is 0 Å². The van der Waals surface area contributed by atoms with Gasteiger partial charge in [-0.15, -0.1) is 5.10 Å². The molecular weight excluding hydrogens is 186 g/mol. The predicted molar refractivity (Wildman–Crippen MR) is 63.0 cm³/mol. The van der Waals surface area contributed by atoms with Gasteiger partial charge in [-0.2, -0.15) is 0 Å². The second-order valence-corrected chi connectivity index (χ2v) is 4.37. The lowest BCUT2D eigenvalue weighted by atomic mass is 10.1. The zero-order chi connectivity index (χ0) is 11.3. The van der Waals surface area contributed by atoms with Crippen molar-refractivity contribution in [2.45, 2.75) is 65.8 Å². The molecule has 0 aromatic carbocycles. The van der Waals surface area contributed by atoms with Crippen LogP contribution in [0.5, 0.6) is 0 Å². The molecular formula is C12H23N3. The average molecular weight is 209 g/mol. The van der Waals surface area contributed by atoms with Crippen LogP contribution in [0.1, 0.15) is 64.4 Å². The number of unbranched alkanes of at least 4 members (excludes halogenated alkanes) is 1. The van der Waals surface area contributed by atoms with Crippen molar-refractivity contribution in [3.05, 3.63) is 11.4 Å². The molecule has 3 nitrogen and oxygen atoms in total. The molecule has 0 fully saturated rings. The minimum Gasteiger partial charge on any atom is -0.247 e. The Morgan fingerprint density at radius 1 is 1.13 bits per heavy atom. The van der Waals surface area contributed by atoms with Crippen LogP contribution >= 0.6 is 0 Å². The van der Waals surface area contributed by atoms with Crippen LogP contribution in [-0.2, 0) is 12.8 Å². The fourth-order valence-corrected chi connectivity index (χ4v) is 1.80. The Labute approximate surface area is 92.9 Å². The van der Waals surface area contributed by atoms with E-state index in [1.165, 1.54) is 30.7 Å². The van der Waals surface area contributed by atoms with Crippen LogP contribution in [0.4, 0.5) is 0 Å². The molecule has 1 rings (SSSR count). The molecule has 1 aromatic rings. The predicted octanol–water partition coefficient (Wildman–Crippen LogP) is 3.15. The first-order chi connectivity index (χ1) is 7.20. The van der Waals surface area contributed by atoms with Crippen LogP contribution in [0, 0.1) is 0 Å². The maximum absolute atomic E-state index is 4.31. The van der Waals surface area contributed by atoms with E-state index in [4.69, 9.17) is 0 Å². The van der Waals surface area contributed by atoms with Gasteiger partial charge in [-0.3, -0.25) is 0 Å².